The Morgan fingerprint density at radius 3 is 2.76 bits per heavy atom. The van der Waals surface area contributed by atoms with Crippen LogP contribution in [-0.4, -0.2) is 27.1 Å². The van der Waals surface area contributed by atoms with Gasteiger partial charge in [-0.15, -0.1) is 0 Å². The molecule has 1 aromatic heterocycles. The normalized spacial score (nSPS) is 34.1. The molecule has 6 heteroatoms. The van der Waals surface area contributed by atoms with Crippen LogP contribution in [0.2, 0.25) is 0 Å². The predicted octanol–water partition coefficient (Wildman–Crippen LogP) is 1.56. The first-order valence-electron chi connectivity index (χ1n) is 7.72. The van der Waals surface area contributed by atoms with E-state index in [1.54, 1.807) is 0 Å². The average molecular weight is 289 g/mol. The summed E-state index contributed by atoms with van der Waals surface area (Å²) in [5, 5.41) is 12.7. The fraction of sp³-hybridized carbons (Fsp3) is 0.667. The van der Waals surface area contributed by atoms with Crippen LogP contribution < -0.4 is 10.9 Å². The standard InChI is InChI=1S/C15H19N3O3/c19-11-6-10(17-14(18-11)7-1-2-7)16-13-9-4-3-8(5-9)12(13)15(20)21/h6-9,12-13H,1-5H2,(H,20,21)(H2,16,17,18,19). The summed E-state index contributed by atoms with van der Waals surface area (Å²) in [7, 11) is 0. The van der Waals surface area contributed by atoms with E-state index in [4.69, 9.17) is 0 Å². The van der Waals surface area contributed by atoms with E-state index in [0.717, 1.165) is 37.9 Å². The minimum Gasteiger partial charge on any atom is -0.481 e. The van der Waals surface area contributed by atoms with Crippen molar-refractivity contribution in [1.29, 1.82) is 0 Å². The highest BCUT2D eigenvalue weighted by molar-refractivity contribution is 5.73. The molecule has 1 aromatic rings. The van der Waals surface area contributed by atoms with Gasteiger partial charge in [-0.2, -0.15) is 0 Å². The molecule has 1 heterocycles. The maximum atomic E-state index is 11.7. The molecule has 21 heavy (non-hydrogen) atoms. The number of nitrogens with zero attached hydrogens (tertiary/aromatic N) is 1. The first kappa shape index (κ1) is 12.9. The quantitative estimate of drug-likeness (QED) is 0.782. The molecule has 0 amide bonds. The Morgan fingerprint density at radius 2 is 2.05 bits per heavy atom. The summed E-state index contributed by atoms with van der Waals surface area (Å²) < 4.78 is 0. The Kier molecular flexibility index (Phi) is 2.80. The maximum absolute atomic E-state index is 11.7. The van der Waals surface area contributed by atoms with Crippen molar-refractivity contribution in [3.05, 3.63) is 22.2 Å². The Hall–Kier alpha value is -1.85. The second-order valence-electron chi connectivity index (χ2n) is 6.66. The van der Waals surface area contributed by atoms with Gasteiger partial charge in [-0.1, -0.05) is 0 Å². The number of fused-ring (bicyclic) bond motifs is 2. The SMILES string of the molecule is O=C(O)C1C2CCC(C2)C1Nc1cc(=O)[nH]c(C2CC2)n1. The number of anilines is 1. The first-order valence-corrected chi connectivity index (χ1v) is 7.72. The van der Waals surface area contributed by atoms with Crippen LogP contribution in [0.1, 0.15) is 43.8 Å². The lowest BCUT2D eigenvalue weighted by atomic mass is 9.84. The third-order valence-electron chi connectivity index (χ3n) is 5.24. The highest BCUT2D eigenvalue weighted by Crippen LogP contribution is 2.49. The van der Waals surface area contributed by atoms with Crippen LogP contribution in [0.15, 0.2) is 10.9 Å². The molecule has 4 unspecified atom stereocenters. The maximum Gasteiger partial charge on any atom is 0.308 e. The fourth-order valence-electron chi connectivity index (χ4n) is 4.13. The molecule has 3 saturated carbocycles. The molecule has 0 aliphatic heterocycles. The van der Waals surface area contributed by atoms with Crippen molar-refractivity contribution in [3.63, 3.8) is 0 Å². The largest absolute Gasteiger partial charge is 0.481 e. The highest BCUT2D eigenvalue weighted by atomic mass is 16.4. The van der Waals surface area contributed by atoms with Gasteiger partial charge in [0.2, 0.25) is 0 Å². The molecule has 3 fully saturated rings. The lowest BCUT2D eigenvalue weighted by Crippen LogP contribution is -2.39. The van der Waals surface area contributed by atoms with E-state index >= 15 is 0 Å². The van der Waals surface area contributed by atoms with Crippen molar-refractivity contribution < 1.29 is 9.90 Å². The van der Waals surface area contributed by atoms with Crippen LogP contribution in [-0.2, 0) is 4.79 Å². The number of carboxylic acids is 1. The number of nitrogens with one attached hydrogen (secondary N) is 2. The smallest absolute Gasteiger partial charge is 0.308 e. The molecule has 112 valence electrons. The van der Waals surface area contributed by atoms with E-state index in [9.17, 15) is 14.7 Å². The molecular weight excluding hydrogens is 270 g/mol. The second kappa shape index (κ2) is 4.58. The van der Waals surface area contributed by atoms with Gasteiger partial charge < -0.3 is 15.4 Å². The van der Waals surface area contributed by atoms with Crippen molar-refractivity contribution >= 4 is 11.8 Å². The highest BCUT2D eigenvalue weighted by Gasteiger charge is 2.51. The zero-order valence-corrected chi connectivity index (χ0v) is 11.7. The molecule has 4 rings (SSSR count). The predicted molar refractivity (Wildman–Crippen MR) is 76.2 cm³/mol. The molecule has 3 aliphatic carbocycles. The second-order valence-corrected chi connectivity index (χ2v) is 6.66. The van der Waals surface area contributed by atoms with Crippen LogP contribution in [0.3, 0.4) is 0 Å². The van der Waals surface area contributed by atoms with E-state index in [0.29, 0.717) is 17.7 Å². The minimum absolute atomic E-state index is 0.0948. The third kappa shape index (κ3) is 2.22. The van der Waals surface area contributed by atoms with Crippen molar-refractivity contribution in [2.45, 2.75) is 44.1 Å². The van der Waals surface area contributed by atoms with Crippen LogP contribution in [0.5, 0.6) is 0 Å². The van der Waals surface area contributed by atoms with E-state index < -0.39 is 5.97 Å². The number of aromatic amines is 1. The molecule has 0 spiro atoms. The molecule has 4 atom stereocenters. The Labute approximate surface area is 122 Å². The van der Waals surface area contributed by atoms with Crippen molar-refractivity contribution in [2.75, 3.05) is 5.32 Å². The Bertz CT molecular complexity index is 637. The van der Waals surface area contributed by atoms with E-state index in [1.807, 2.05) is 0 Å². The van der Waals surface area contributed by atoms with Gasteiger partial charge in [0.15, 0.2) is 0 Å². The van der Waals surface area contributed by atoms with Crippen LogP contribution in [0.4, 0.5) is 5.82 Å². The van der Waals surface area contributed by atoms with E-state index in [2.05, 4.69) is 15.3 Å². The molecule has 6 nitrogen and oxygen atoms in total. The fourth-order valence-corrected chi connectivity index (χ4v) is 4.13. The zero-order valence-electron chi connectivity index (χ0n) is 11.7. The lowest BCUT2D eigenvalue weighted by molar-refractivity contribution is -0.143. The minimum atomic E-state index is -0.730. The van der Waals surface area contributed by atoms with Gasteiger partial charge in [-0.05, 0) is 43.9 Å². The average Bonchev–Trinajstić information content (AvgIpc) is 3.09. The van der Waals surface area contributed by atoms with E-state index in [1.165, 1.54) is 6.07 Å². The molecular formula is C15H19N3O3. The van der Waals surface area contributed by atoms with Gasteiger partial charge in [-0.25, -0.2) is 4.98 Å². The number of carbonyl (C=O) groups is 1. The van der Waals surface area contributed by atoms with Gasteiger partial charge in [-0.3, -0.25) is 9.59 Å². The first-order chi connectivity index (χ1) is 10.1. The molecule has 0 saturated heterocycles. The van der Waals surface area contributed by atoms with Crippen LogP contribution in [0.25, 0.3) is 0 Å². The van der Waals surface area contributed by atoms with Crippen LogP contribution in [0, 0.1) is 17.8 Å². The molecule has 0 radical (unpaired) electrons. The van der Waals surface area contributed by atoms with Crippen LogP contribution >= 0.6 is 0 Å². The number of rotatable bonds is 4. The van der Waals surface area contributed by atoms with Gasteiger partial charge >= 0.3 is 5.97 Å². The Morgan fingerprint density at radius 1 is 1.29 bits per heavy atom. The molecule has 3 N–H and O–H groups in total. The topological polar surface area (TPSA) is 95.1 Å². The summed E-state index contributed by atoms with van der Waals surface area (Å²) in [5.74, 6) is 1.22. The monoisotopic (exact) mass is 289 g/mol. The number of aliphatic carboxylic acids is 1. The van der Waals surface area contributed by atoms with Gasteiger partial charge in [0.05, 0.1) is 5.92 Å². The number of hydrogen-bond donors (Lipinski definition) is 3. The van der Waals surface area contributed by atoms with Crippen molar-refractivity contribution in [1.82, 2.24) is 9.97 Å². The molecule has 2 bridgehead atoms. The summed E-state index contributed by atoms with van der Waals surface area (Å²) in [6.45, 7) is 0. The molecule has 0 aromatic carbocycles. The number of H-pyrrole nitrogens is 1. The summed E-state index contributed by atoms with van der Waals surface area (Å²) in [5.41, 5.74) is -0.163. The van der Waals surface area contributed by atoms with E-state index in [-0.39, 0.29) is 23.4 Å². The molecule has 3 aliphatic rings. The lowest BCUT2D eigenvalue weighted by Gasteiger charge is -2.29. The number of aromatic nitrogens is 2. The van der Waals surface area contributed by atoms with Crippen molar-refractivity contribution in [3.8, 4) is 0 Å². The van der Waals surface area contributed by atoms with Gasteiger partial charge in [0.25, 0.3) is 5.56 Å². The summed E-state index contributed by atoms with van der Waals surface area (Å²) >= 11 is 0. The number of hydrogen-bond acceptors (Lipinski definition) is 4. The van der Waals surface area contributed by atoms with Gasteiger partial charge in [0.1, 0.15) is 11.6 Å². The zero-order chi connectivity index (χ0) is 14.6. The third-order valence-corrected chi connectivity index (χ3v) is 5.24. The number of carboxylic acid groups (broad SMARTS) is 1. The van der Waals surface area contributed by atoms with Gasteiger partial charge in [0, 0.05) is 18.0 Å². The Balaban J connectivity index is 1.60. The summed E-state index contributed by atoms with van der Waals surface area (Å²) in [4.78, 5) is 30.5. The summed E-state index contributed by atoms with van der Waals surface area (Å²) in [6, 6.07) is 1.35. The van der Waals surface area contributed by atoms with Crippen molar-refractivity contribution in [2.24, 2.45) is 17.8 Å². The summed E-state index contributed by atoms with van der Waals surface area (Å²) in [6.07, 6.45) is 5.20.